The SMILES string of the molecule is Cc1ccc([C@H](C)NC(=O)C(N)CC(=O)O)cc1. The van der Waals surface area contributed by atoms with Gasteiger partial charge in [0.15, 0.2) is 0 Å². The van der Waals surface area contributed by atoms with Gasteiger partial charge in [0.05, 0.1) is 18.5 Å². The Balaban J connectivity index is 2.59. The van der Waals surface area contributed by atoms with Gasteiger partial charge < -0.3 is 16.2 Å². The number of carboxylic acids is 1. The van der Waals surface area contributed by atoms with E-state index in [4.69, 9.17) is 10.8 Å². The Morgan fingerprint density at radius 2 is 1.89 bits per heavy atom. The Hall–Kier alpha value is -1.88. The summed E-state index contributed by atoms with van der Waals surface area (Å²) in [4.78, 5) is 22.1. The molecule has 2 atom stereocenters. The highest BCUT2D eigenvalue weighted by atomic mass is 16.4. The summed E-state index contributed by atoms with van der Waals surface area (Å²) < 4.78 is 0. The summed E-state index contributed by atoms with van der Waals surface area (Å²) in [6.07, 6.45) is -0.369. The first kappa shape index (κ1) is 14.2. The molecule has 0 bridgehead atoms. The zero-order valence-corrected chi connectivity index (χ0v) is 10.5. The molecule has 1 amide bonds. The lowest BCUT2D eigenvalue weighted by atomic mass is 10.1. The maximum absolute atomic E-state index is 11.6. The Morgan fingerprint density at radius 1 is 1.33 bits per heavy atom. The van der Waals surface area contributed by atoms with E-state index in [0.717, 1.165) is 11.1 Å². The molecule has 0 aromatic heterocycles. The van der Waals surface area contributed by atoms with Crippen LogP contribution in [0.5, 0.6) is 0 Å². The molecule has 1 rings (SSSR count). The van der Waals surface area contributed by atoms with E-state index >= 15 is 0 Å². The van der Waals surface area contributed by atoms with E-state index in [1.165, 1.54) is 0 Å². The number of nitrogens with one attached hydrogen (secondary N) is 1. The third kappa shape index (κ3) is 4.18. The smallest absolute Gasteiger partial charge is 0.305 e. The van der Waals surface area contributed by atoms with Crippen molar-refractivity contribution in [3.63, 3.8) is 0 Å². The molecule has 0 spiro atoms. The van der Waals surface area contributed by atoms with Crippen LogP contribution in [0.15, 0.2) is 24.3 Å². The molecule has 0 aliphatic heterocycles. The zero-order chi connectivity index (χ0) is 13.7. The van der Waals surface area contributed by atoms with Crippen LogP contribution >= 0.6 is 0 Å². The molecule has 0 saturated carbocycles. The zero-order valence-electron chi connectivity index (χ0n) is 10.5. The highest BCUT2D eigenvalue weighted by Gasteiger charge is 2.19. The summed E-state index contributed by atoms with van der Waals surface area (Å²) in [5, 5.41) is 11.2. The summed E-state index contributed by atoms with van der Waals surface area (Å²) in [6, 6.07) is 6.53. The number of carbonyl (C=O) groups excluding carboxylic acids is 1. The van der Waals surface area contributed by atoms with Crippen LogP contribution in [0.4, 0.5) is 0 Å². The van der Waals surface area contributed by atoms with E-state index in [-0.39, 0.29) is 12.5 Å². The number of amides is 1. The normalized spacial score (nSPS) is 13.7. The summed E-state index contributed by atoms with van der Waals surface area (Å²) >= 11 is 0. The van der Waals surface area contributed by atoms with E-state index in [1.54, 1.807) is 0 Å². The molecule has 98 valence electrons. The first-order valence-electron chi connectivity index (χ1n) is 5.74. The number of nitrogens with two attached hydrogens (primary N) is 1. The number of aliphatic carboxylic acids is 1. The minimum Gasteiger partial charge on any atom is -0.481 e. The largest absolute Gasteiger partial charge is 0.481 e. The molecule has 1 aromatic rings. The van der Waals surface area contributed by atoms with E-state index < -0.39 is 17.9 Å². The molecule has 1 aromatic carbocycles. The van der Waals surface area contributed by atoms with Gasteiger partial charge in [-0.1, -0.05) is 29.8 Å². The van der Waals surface area contributed by atoms with Crippen LogP contribution in [0.1, 0.15) is 30.5 Å². The molecule has 5 nitrogen and oxygen atoms in total. The molecule has 18 heavy (non-hydrogen) atoms. The second-order valence-electron chi connectivity index (χ2n) is 4.35. The number of rotatable bonds is 5. The first-order valence-corrected chi connectivity index (χ1v) is 5.74. The number of aryl methyl sites for hydroxylation is 1. The molecule has 0 aliphatic rings. The van der Waals surface area contributed by atoms with Gasteiger partial charge in [-0.25, -0.2) is 0 Å². The van der Waals surface area contributed by atoms with Crippen molar-refractivity contribution in [3.05, 3.63) is 35.4 Å². The van der Waals surface area contributed by atoms with Gasteiger partial charge in [-0.2, -0.15) is 0 Å². The van der Waals surface area contributed by atoms with Crippen LogP contribution in [0.25, 0.3) is 0 Å². The number of carboxylic acid groups (broad SMARTS) is 1. The Kier molecular flexibility index (Phi) is 4.85. The van der Waals surface area contributed by atoms with Crippen molar-refractivity contribution in [1.29, 1.82) is 0 Å². The average Bonchev–Trinajstić information content (AvgIpc) is 2.28. The highest BCUT2D eigenvalue weighted by molar-refractivity contribution is 5.86. The van der Waals surface area contributed by atoms with E-state index in [9.17, 15) is 9.59 Å². The van der Waals surface area contributed by atoms with Crippen LogP contribution in [0.3, 0.4) is 0 Å². The number of benzene rings is 1. The quantitative estimate of drug-likeness (QED) is 0.726. The predicted octanol–water partition coefficient (Wildman–Crippen LogP) is 0.974. The van der Waals surface area contributed by atoms with E-state index in [2.05, 4.69) is 5.32 Å². The van der Waals surface area contributed by atoms with Crippen molar-refractivity contribution in [2.24, 2.45) is 5.73 Å². The standard InChI is InChI=1S/C13H18N2O3/c1-8-3-5-10(6-4-8)9(2)15-13(18)11(14)7-12(16)17/h3-6,9,11H,7,14H2,1-2H3,(H,15,18)(H,16,17)/t9-,11?/m0/s1. The monoisotopic (exact) mass is 250 g/mol. The molecule has 5 heteroatoms. The highest BCUT2D eigenvalue weighted by Crippen LogP contribution is 2.13. The lowest BCUT2D eigenvalue weighted by Crippen LogP contribution is -2.42. The lowest BCUT2D eigenvalue weighted by Gasteiger charge is -2.17. The number of hydrogen-bond acceptors (Lipinski definition) is 3. The second-order valence-corrected chi connectivity index (χ2v) is 4.35. The maximum Gasteiger partial charge on any atom is 0.305 e. The minimum atomic E-state index is -1.08. The molecule has 0 heterocycles. The average molecular weight is 250 g/mol. The Labute approximate surface area is 106 Å². The summed E-state index contributed by atoms with van der Waals surface area (Å²) in [7, 11) is 0. The molecule has 0 radical (unpaired) electrons. The third-order valence-electron chi connectivity index (χ3n) is 2.67. The topological polar surface area (TPSA) is 92.4 Å². The van der Waals surface area contributed by atoms with Crippen LogP contribution in [-0.4, -0.2) is 23.0 Å². The molecule has 0 aliphatic carbocycles. The van der Waals surface area contributed by atoms with E-state index in [1.807, 2.05) is 38.1 Å². The van der Waals surface area contributed by atoms with E-state index in [0.29, 0.717) is 0 Å². The third-order valence-corrected chi connectivity index (χ3v) is 2.67. The number of hydrogen-bond donors (Lipinski definition) is 3. The van der Waals surface area contributed by atoms with Gasteiger partial charge in [0, 0.05) is 0 Å². The van der Waals surface area contributed by atoms with Crippen LogP contribution < -0.4 is 11.1 Å². The molecular weight excluding hydrogens is 232 g/mol. The summed E-state index contributed by atoms with van der Waals surface area (Å²) in [5.41, 5.74) is 7.57. The number of carbonyl (C=O) groups is 2. The Morgan fingerprint density at radius 3 is 2.39 bits per heavy atom. The van der Waals surface area contributed by atoms with Crippen LogP contribution in [-0.2, 0) is 9.59 Å². The van der Waals surface area contributed by atoms with Gasteiger partial charge in [0.1, 0.15) is 0 Å². The van der Waals surface area contributed by atoms with Gasteiger partial charge in [-0.05, 0) is 19.4 Å². The fourth-order valence-corrected chi connectivity index (χ4v) is 1.54. The van der Waals surface area contributed by atoms with Crippen LogP contribution in [0.2, 0.25) is 0 Å². The Bertz CT molecular complexity index is 428. The summed E-state index contributed by atoms with van der Waals surface area (Å²) in [5.74, 6) is -1.54. The molecule has 0 fully saturated rings. The predicted molar refractivity (Wildman–Crippen MR) is 68.0 cm³/mol. The van der Waals surface area contributed by atoms with Crippen molar-refractivity contribution >= 4 is 11.9 Å². The summed E-state index contributed by atoms with van der Waals surface area (Å²) in [6.45, 7) is 3.81. The van der Waals surface area contributed by atoms with Gasteiger partial charge in [-0.3, -0.25) is 9.59 Å². The molecule has 4 N–H and O–H groups in total. The first-order chi connectivity index (χ1) is 8.40. The van der Waals surface area contributed by atoms with Crippen molar-refractivity contribution in [2.75, 3.05) is 0 Å². The fourth-order valence-electron chi connectivity index (χ4n) is 1.54. The molecule has 1 unspecified atom stereocenters. The van der Waals surface area contributed by atoms with Gasteiger partial charge in [-0.15, -0.1) is 0 Å². The van der Waals surface area contributed by atoms with Crippen LogP contribution in [0, 0.1) is 6.92 Å². The minimum absolute atomic E-state index is 0.196. The fraction of sp³-hybridized carbons (Fsp3) is 0.385. The van der Waals surface area contributed by atoms with Gasteiger partial charge >= 0.3 is 5.97 Å². The van der Waals surface area contributed by atoms with Crippen molar-refractivity contribution in [1.82, 2.24) is 5.32 Å². The molecule has 0 saturated heterocycles. The second kappa shape index (κ2) is 6.16. The molecular formula is C13H18N2O3. The van der Waals surface area contributed by atoms with Crippen molar-refractivity contribution < 1.29 is 14.7 Å². The van der Waals surface area contributed by atoms with Gasteiger partial charge in [0.25, 0.3) is 0 Å². The van der Waals surface area contributed by atoms with Gasteiger partial charge in [0.2, 0.25) is 5.91 Å². The van der Waals surface area contributed by atoms with Crippen molar-refractivity contribution in [2.45, 2.75) is 32.4 Å². The lowest BCUT2D eigenvalue weighted by molar-refractivity contribution is -0.139. The maximum atomic E-state index is 11.6. The van der Waals surface area contributed by atoms with Crippen molar-refractivity contribution in [3.8, 4) is 0 Å².